The summed E-state index contributed by atoms with van der Waals surface area (Å²) in [5, 5.41) is 0.443. The van der Waals surface area contributed by atoms with Gasteiger partial charge in [0.15, 0.2) is 0 Å². The molecule has 0 radical (unpaired) electrons. The van der Waals surface area contributed by atoms with E-state index in [0.717, 1.165) is 39.4 Å². The molecule has 136 valence electrons. The zero-order valence-corrected chi connectivity index (χ0v) is 16.3. The normalized spacial score (nSPS) is 15.7. The molecule has 0 spiro atoms. The van der Waals surface area contributed by atoms with Crippen molar-refractivity contribution in [3.8, 4) is 0 Å². The summed E-state index contributed by atoms with van der Waals surface area (Å²) in [6.45, 7) is 8.28. The predicted molar refractivity (Wildman–Crippen MR) is 109 cm³/mol. The lowest BCUT2D eigenvalue weighted by atomic mass is 10.1. The van der Waals surface area contributed by atoms with Gasteiger partial charge in [0.2, 0.25) is 0 Å². The van der Waals surface area contributed by atoms with E-state index in [2.05, 4.69) is 41.0 Å². The highest BCUT2D eigenvalue weighted by molar-refractivity contribution is 6.30. The van der Waals surface area contributed by atoms with Crippen molar-refractivity contribution in [1.82, 2.24) is 24.4 Å². The molecule has 4 heterocycles. The summed E-state index contributed by atoms with van der Waals surface area (Å²) in [7, 11) is 1.99. The highest BCUT2D eigenvalue weighted by Crippen LogP contribution is 2.33. The SMILES string of the molecule is C=C1C(C)=CC(c2nc3cnc(Cl)cc3n2C(C)c2ccccn2)=CN1C. The number of nitrogens with zero attached hydrogens (tertiary/aromatic N) is 5. The number of hydrogen-bond acceptors (Lipinski definition) is 4. The van der Waals surface area contributed by atoms with Crippen LogP contribution in [0.1, 0.15) is 31.4 Å². The summed E-state index contributed by atoms with van der Waals surface area (Å²) >= 11 is 6.19. The Morgan fingerprint density at radius 3 is 2.74 bits per heavy atom. The Balaban J connectivity index is 1.96. The second-order valence-corrected chi connectivity index (χ2v) is 7.09. The van der Waals surface area contributed by atoms with E-state index in [-0.39, 0.29) is 6.04 Å². The molecule has 0 aromatic carbocycles. The molecule has 3 aromatic rings. The molecular formula is C21H20ClN5. The van der Waals surface area contributed by atoms with Gasteiger partial charge in [-0.15, -0.1) is 0 Å². The quantitative estimate of drug-likeness (QED) is 0.613. The maximum atomic E-state index is 6.19. The van der Waals surface area contributed by atoms with Crippen molar-refractivity contribution in [1.29, 1.82) is 0 Å². The summed E-state index contributed by atoms with van der Waals surface area (Å²) < 4.78 is 2.17. The van der Waals surface area contributed by atoms with Crippen LogP contribution in [0.5, 0.6) is 0 Å². The monoisotopic (exact) mass is 377 g/mol. The molecule has 1 unspecified atom stereocenters. The van der Waals surface area contributed by atoms with E-state index in [4.69, 9.17) is 16.6 Å². The van der Waals surface area contributed by atoms with Crippen LogP contribution in [-0.2, 0) is 0 Å². The molecule has 0 bridgehead atoms. The van der Waals surface area contributed by atoms with Gasteiger partial charge in [-0.3, -0.25) is 4.98 Å². The Morgan fingerprint density at radius 2 is 2.04 bits per heavy atom. The van der Waals surface area contributed by atoms with Gasteiger partial charge in [0.1, 0.15) is 16.5 Å². The summed E-state index contributed by atoms with van der Waals surface area (Å²) in [4.78, 5) is 15.6. The zero-order chi connectivity index (χ0) is 19.1. The summed E-state index contributed by atoms with van der Waals surface area (Å²) in [6, 6.07) is 7.77. The van der Waals surface area contributed by atoms with Crippen LogP contribution < -0.4 is 0 Å². The largest absolute Gasteiger partial charge is 0.351 e. The lowest BCUT2D eigenvalue weighted by Crippen LogP contribution is -2.17. The van der Waals surface area contributed by atoms with Gasteiger partial charge in [-0.25, -0.2) is 9.97 Å². The molecule has 5 nitrogen and oxygen atoms in total. The minimum absolute atomic E-state index is 0.0188. The van der Waals surface area contributed by atoms with Gasteiger partial charge in [0, 0.05) is 36.8 Å². The molecule has 0 saturated heterocycles. The van der Waals surface area contributed by atoms with Crippen LogP contribution >= 0.6 is 11.6 Å². The van der Waals surface area contributed by atoms with Gasteiger partial charge in [-0.05, 0) is 37.6 Å². The van der Waals surface area contributed by atoms with E-state index in [1.807, 2.05) is 42.4 Å². The molecule has 3 aromatic heterocycles. The third kappa shape index (κ3) is 3.04. The highest BCUT2D eigenvalue weighted by Gasteiger charge is 2.22. The fraction of sp³-hybridized carbons (Fsp3) is 0.190. The fourth-order valence-corrected chi connectivity index (χ4v) is 3.52. The number of pyridine rings is 2. The Bertz CT molecular complexity index is 1090. The van der Waals surface area contributed by atoms with Crippen molar-refractivity contribution in [2.24, 2.45) is 0 Å². The molecule has 0 saturated carbocycles. The van der Waals surface area contributed by atoms with Crippen molar-refractivity contribution >= 4 is 28.2 Å². The first kappa shape index (κ1) is 17.5. The number of aromatic nitrogens is 4. The van der Waals surface area contributed by atoms with E-state index in [1.165, 1.54) is 0 Å². The first-order chi connectivity index (χ1) is 13.0. The molecule has 1 aliphatic rings. The van der Waals surface area contributed by atoms with E-state index < -0.39 is 0 Å². The minimum Gasteiger partial charge on any atom is -0.351 e. The smallest absolute Gasteiger partial charge is 0.143 e. The van der Waals surface area contributed by atoms with Gasteiger partial charge in [-0.2, -0.15) is 0 Å². The van der Waals surface area contributed by atoms with Crippen LogP contribution in [0.15, 0.2) is 66.8 Å². The first-order valence-electron chi connectivity index (χ1n) is 8.72. The molecular weight excluding hydrogens is 358 g/mol. The molecule has 0 fully saturated rings. The average Bonchev–Trinajstić information content (AvgIpc) is 3.04. The topological polar surface area (TPSA) is 46.8 Å². The second kappa shape index (κ2) is 6.67. The zero-order valence-electron chi connectivity index (χ0n) is 15.5. The number of likely N-dealkylation sites (N-methyl/N-ethyl adjacent to an activating group) is 1. The summed E-state index contributed by atoms with van der Waals surface area (Å²) in [5.74, 6) is 0.853. The van der Waals surface area contributed by atoms with E-state index in [9.17, 15) is 0 Å². The molecule has 1 atom stereocenters. The number of imidazole rings is 1. The maximum absolute atomic E-state index is 6.19. The van der Waals surface area contributed by atoms with Crippen LogP contribution in [-0.4, -0.2) is 31.5 Å². The molecule has 0 amide bonds. The maximum Gasteiger partial charge on any atom is 0.143 e. The molecule has 0 N–H and O–H groups in total. The fourth-order valence-electron chi connectivity index (χ4n) is 3.37. The molecule has 4 rings (SSSR count). The van der Waals surface area contributed by atoms with Crippen LogP contribution in [0.2, 0.25) is 5.15 Å². The number of rotatable bonds is 3. The third-order valence-corrected chi connectivity index (χ3v) is 5.10. The summed E-state index contributed by atoms with van der Waals surface area (Å²) in [5.41, 5.74) is 5.79. The Hall–Kier alpha value is -2.92. The second-order valence-electron chi connectivity index (χ2n) is 6.70. The van der Waals surface area contributed by atoms with E-state index >= 15 is 0 Å². The molecule has 27 heavy (non-hydrogen) atoms. The van der Waals surface area contributed by atoms with Gasteiger partial charge in [-0.1, -0.05) is 24.2 Å². The number of allylic oxidation sites excluding steroid dienone is 3. The third-order valence-electron chi connectivity index (χ3n) is 4.89. The van der Waals surface area contributed by atoms with Crippen LogP contribution in [0, 0.1) is 0 Å². The Kier molecular flexibility index (Phi) is 4.32. The van der Waals surface area contributed by atoms with Crippen molar-refractivity contribution in [2.45, 2.75) is 19.9 Å². The Labute approximate surface area is 163 Å². The average molecular weight is 378 g/mol. The predicted octanol–water partition coefficient (Wildman–Crippen LogP) is 4.84. The number of hydrogen-bond donors (Lipinski definition) is 0. The van der Waals surface area contributed by atoms with Gasteiger partial charge in [0.05, 0.1) is 23.4 Å². The lowest BCUT2D eigenvalue weighted by Gasteiger charge is -2.25. The van der Waals surface area contributed by atoms with Crippen LogP contribution in [0.25, 0.3) is 16.6 Å². The molecule has 1 aliphatic heterocycles. The van der Waals surface area contributed by atoms with Crippen LogP contribution in [0.4, 0.5) is 0 Å². The number of fused-ring (bicyclic) bond motifs is 1. The van der Waals surface area contributed by atoms with E-state index in [0.29, 0.717) is 5.15 Å². The Morgan fingerprint density at radius 1 is 1.22 bits per heavy atom. The van der Waals surface area contributed by atoms with E-state index in [1.54, 1.807) is 12.4 Å². The molecule has 0 aliphatic carbocycles. The lowest BCUT2D eigenvalue weighted by molar-refractivity contribution is 0.575. The highest BCUT2D eigenvalue weighted by atomic mass is 35.5. The van der Waals surface area contributed by atoms with Gasteiger partial charge in [0.25, 0.3) is 0 Å². The minimum atomic E-state index is -0.0188. The first-order valence-corrected chi connectivity index (χ1v) is 9.10. The molecule has 6 heteroatoms. The van der Waals surface area contributed by atoms with Crippen LogP contribution in [0.3, 0.4) is 0 Å². The van der Waals surface area contributed by atoms with Gasteiger partial charge >= 0.3 is 0 Å². The van der Waals surface area contributed by atoms with Crippen molar-refractivity contribution in [3.63, 3.8) is 0 Å². The van der Waals surface area contributed by atoms with Crippen molar-refractivity contribution < 1.29 is 0 Å². The van der Waals surface area contributed by atoms with Gasteiger partial charge < -0.3 is 9.47 Å². The number of halogens is 1. The summed E-state index contributed by atoms with van der Waals surface area (Å²) in [6.07, 6.45) is 7.68. The van der Waals surface area contributed by atoms with Crippen molar-refractivity contribution in [3.05, 3.63) is 83.5 Å². The standard InChI is InChI=1S/C21H20ClN5/c1-13-9-16(12-26(4)14(13)2)21-25-18-11-24-20(22)10-19(18)27(21)15(3)17-7-5-6-8-23-17/h5-12,15H,2H2,1,3-4H3. The van der Waals surface area contributed by atoms with Crippen molar-refractivity contribution in [2.75, 3.05) is 7.05 Å².